The van der Waals surface area contributed by atoms with E-state index in [2.05, 4.69) is 22.0 Å². The number of hydrogen-bond acceptors (Lipinski definition) is 2. The third-order valence-corrected chi connectivity index (χ3v) is 3.97. The topological polar surface area (TPSA) is 16.1 Å². The van der Waals surface area contributed by atoms with Crippen molar-refractivity contribution in [3.63, 3.8) is 0 Å². The van der Waals surface area contributed by atoms with Crippen molar-refractivity contribution < 1.29 is 4.39 Å². The zero-order valence-electron chi connectivity index (χ0n) is 11.7. The second-order valence-electron chi connectivity index (χ2n) is 5.59. The number of nitrogens with zero attached hydrogens (tertiary/aromatic N) is 2. The van der Waals surface area contributed by atoms with Crippen molar-refractivity contribution in [2.24, 2.45) is 5.92 Å². The largest absolute Gasteiger partial charge is 0.371 e. The molecule has 1 atom stereocenters. The summed E-state index contributed by atoms with van der Waals surface area (Å²) < 4.78 is 12.9. The normalized spacial score (nSPS) is 18.5. The Morgan fingerprint density at radius 1 is 1.25 bits per heavy atom. The summed E-state index contributed by atoms with van der Waals surface area (Å²) in [5.41, 5.74) is 3.55. The molecule has 0 spiro atoms. The number of anilines is 1. The van der Waals surface area contributed by atoms with E-state index in [1.807, 2.05) is 25.3 Å². The molecule has 3 rings (SSSR count). The van der Waals surface area contributed by atoms with Gasteiger partial charge < -0.3 is 4.90 Å². The zero-order chi connectivity index (χ0) is 13.9. The first-order chi connectivity index (χ1) is 9.70. The third kappa shape index (κ3) is 2.98. The molecule has 2 nitrogen and oxygen atoms in total. The first-order valence-electron chi connectivity index (χ1n) is 7.13. The molecule has 20 heavy (non-hydrogen) atoms. The molecule has 0 aliphatic carbocycles. The molecular formula is C17H19FN2. The summed E-state index contributed by atoms with van der Waals surface area (Å²) in [7, 11) is 0. The smallest absolute Gasteiger partial charge is 0.123 e. The molecule has 3 heteroatoms. The summed E-state index contributed by atoms with van der Waals surface area (Å²) in [5, 5.41) is 0. The molecule has 0 N–H and O–H groups in total. The molecule has 1 saturated heterocycles. The third-order valence-electron chi connectivity index (χ3n) is 3.97. The number of aryl methyl sites for hydroxylation is 1. The van der Waals surface area contributed by atoms with E-state index >= 15 is 0 Å². The lowest BCUT2D eigenvalue weighted by molar-refractivity contribution is 0.583. The van der Waals surface area contributed by atoms with Gasteiger partial charge in [-0.25, -0.2) is 4.39 Å². The van der Waals surface area contributed by atoms with Crippen LogP contribution >= 0.6 is 0 Å². The van der Waals surface area contributed by atoms with Crippen molar-refractivity contribution in [1.29, 1.82) is 0 Å². The maximum atomic E-state index is 12.9. The average Bonchev–Trinajstić information content (AvgIpc) is 2.90. The minimum absolute atomic E-state index is 0.158. The molecule has 0 saturated carbocycles. The van der Waals surface area contributed by atoms with Crippen LogP contribution in [0.3, 0.4) is 0 Å². The average molecular weight is 270 g/mol. The van der Waals surface area contributed by atoms with Crippen molar-refractivity contribution in [3.05, 3.63) is 59.7 Å². The molecule has 0 bridgehead atoms. The van der Waals surface area contributed by atoms with Gasteiger partial charge in [-0.05, 0) is 55.5 Å². The van der Waals surface area contributed by atoms with Crippen molar-refractivity contribution in [1.82, 2.24) is 4.98 Å². The van der Waals surface area contributed by atoms with Crippen LogP contribution in [0.15, 0.2) is 42.6 Å². The Labute approximate surface area is 119 Å². The lowest BCUT2D eigenvalue weighted by Gasteiger charge is -2.19. The molecule has 2 aromatic rings. The highest BCUT2D eigenvalue weighted by Crippen LogP contribution is 2.26. The van der Waals surface area contributed by atoms with E-state index in [0.717, 1.165) is 25.2 Å². The van der Waals surface area contributed by atoms with Crippen LogP contribution in [0.5, 0.6) is 0 Å². The molecule has 1 fully saturated rings. The van der Waals surface area contributed by atoms with Gasteiger partial charge in [0.2, 0.25) is 0 Å². The molecule has 0 amide bonds. The molecule has 2 heterocycles. The summed E-state index contributed by atoms with van der Waals surface area (Å²) in [4.78, 5) is 6.66. The lowest BCUT2D eigenvalue weighted by atomic mass is 9.99. The van der Waals surface area contributed by atoms with Crippen molar-refractivity contribution in [2.75, 3.05) is 18.0 Å². The van der Waals surface area contributed by atoms with E-state index in [1.165, 1.54) is 17.7 Å². The first-order valence-corrected chi connectivity index (χ1v) is 7.13. The number of hydrogen-bond donors (Lipinski definition) is 0. The fourth-order valence-corrected chi connectivity index (χ4v) is 2.91. The Balaban J connectivity index is 1.63. The molecule has 1 aromatic carbocycles. The van der Waals surface area contributed by atoms with Crippen LogP contribution in [-0.2, 0) is 6.42 Å². The number of pyridine rings is 1. The van der Waals surface area contributed by atoms with Gasteiger partial charge in [-0.3, -0.25) is 4.98 Å². The molecule has 1 aliphatic heterocycles. The van der Waals surface area contributed by atoms with Gasteiger partial charge in [0.25, 0.3) is 0 Å². The van der Waals surface area contributed by atoms with E-state index < -0.39 is 0 Å². The van der Waals surface area contributed by atoms with Crippen LogP contribution in [0.2, 0.25) is 0 Å². The van der Waals surface area contributed by atoms with Gasteiger partial charge in [0, 0.05) is 30.7 Å². The van der Waals surface area contributed by atoms with Crippen molar-refractivity contribution in [3.8, 4) is 0 Å². The van der Waals surface area contributed by atoms with Gasteiger partial charge in [-0.2, -0.15) is 0 Å². The lowest BCUT2D eigenvalue weighted by Crippen LogP contribution is -2.20. The molecule has 1 aliphatic rings. The summed E-state index contributed by atoms with van der Waals surface area (Å²) >= 11 is 0. The van der Waals surface area contributed by atoms with Gasteiger partial charge in [0.15, 0.2) is 0 Å². The molecule has 1 aromatic heterocycles. The molecule has 1 unspecified atom stereocenters. The molecule has 104 valence electrons. The minimum atomic E-state index is -0.158. The van der Waals surface area contributed by atoms with Crippen LogP contribution in [0.1, 0.15) is 17.7 Å². The highest BCUT2D eigenvalue weighted by atomic mass is 19.1. The van der Waals surface area contributed by atoms with Gasteiger partial charge in [0.05, 0.1) is 0 Å². The van der Waals surface area contributed by atoms with Gasteiger partial charge in [0.1, 0.15) is 5.82 Å². The van der Waals surface area contributed by atoms with Crippen LogP contribution in [0.25, 0.3) is 0 Å². The molecule has 0 radical (unpaired) electrons. The first kappa shape index (κ1) is 13.1. The Morgan fingerprint density at radius 3 is 2.80 bits per heavy atom. The fourth-order valence-electron chi connectivity index (χ4n) is 2.91. The highest BCUT2D eigenvalue weighted by Gasteiger charge is 2.22. The minimum Gasteiger partial charge on any atom is -0.371 e. The number of benzene rings is 1. The second-order valence-corrected chi connectivity index (χ2v) is 5.59. The summed E-state index contributed by atoms with van der Waals surface area (Å²) in [6, 6.07) is 11.1. The van der Waals surface area contributed by atoms with Crippen LogP contribution in [0, 0.1) is 18.7 Å². The Hall–Kier alpha value is -1.90. The SMILES string of the molecule is Cc1cc(N2CCC(Cc3ccc(F)cc3)C2)ccn1. The van der Waals surface area contributed by atoms with Crippen LogP contribution in [0.4, 0.5) is 10.1 Å². The van der Waals surface area contributed by atoms with E-state index in [0.29, 0.717) is 5.92 Å². The Kier molecular flexibility index (Phi) is 3.68. The van der Waals surface area contributed by atoms with E-state index in [9.17, 15) is 4.39 Å². The van der Waals surface area contributed by atoms with Crippen LogP contribution < -0.4 is 4.90 Å². The van der Waals surface area contributed by atoms with Crippen molar-refractivity contribution >= 4 is 5.69 Å². The Morgan fingerprint density at radius 2 is 2.05 bits per heavy atom. The standard InChI is InChI=1S/C17H19FN2/c1-13-10-17(6-8-19-13)20-9-7-15(12-20)11-14-2-4-16(18)5-3-14/h2-6,8,10,15H,7,9,11-12H2,1H3. The summed E-state index contributed by atoms with van der Waals surface area (Å²) in [5.74, 6) is 0.489. The van der Waals surface area contributed by atoms with E-state index in [-0.39, 0.29) is 5.82 Å². The second kappa shape index (κ2) is 5.61. The predicted molar refractivity (Wildman–Crippen MR) is 79.4 cm³/mol. The van der Waals surface area contributed by atoms with Crippen LogP contribution in [-0.4, -0.2) is 18.1 Å². The number of rotatable bonds is 3. The summed E-state index contributed by atoms with van der Waals surface area (Å²) in [6.07, 6.45) is 4.09. The van der Waals surface area contributed by atoms with Gasteiger partial charge in [-0.15, -0.1) is 0 Å². The molecular weight excluding hydrogens is 251 g/mol. The monoisotopic (exact) mass is 270 g/mol. The van der Waals surface area contributed by atoms with E-state index in [4.69, 9.17) is 0 Å². The fraction of sp³-hybridized carbons (Fsp3) is 0.353. The highest BCUT2D eigenvalue weighted by molar-refractivity contribution is 5.47. The maximum absolute atomic E-state index is 12.9. The van der Waals surface area contributed by atoms with E-state index in [1.54, 1.807) is 12.1 Å². The van der Waals surface area contributed by atoms with Gasteiger partial charge >= 0.3 is 0 Å². The summed E-state index contributed by atoms with van der Waals surface area (Å²) in [6.45, 7) is 4.19. The number of halogens is 1. The number of aromatic nitrogens is 1. The quantitative estimate of drug-likeness (QED) is 0.847. The van der Waals surface area contributed by atoms with Crippen molar-refractivity contribution in [2.45, 2.75) is 19.8 Å². The maximum Gasteiger partial charge on any atom is 0.123 e. The van der Waals surface area contributed by atoms with Gasteiger partial charge in [-0.1, -0.05) is 12.1 Å². The Bertz CT molecular complexity index is 580. The zero-order valence-corrected chi connectivity index (χ0v) is 11.7. The predicted octanol–water partition coefficient (Wildman–Crippen LogP) is 3.60.